The number of likely N-dealkylation sites (tertiary alicyclic amines) is 1. The summed E-state index contributed by atoms with van der Waals surface area (Å²) < 4.78 is 30.2. The highest BCUT2D eigenvalue weighted by Gasteiger charge is 2.23. The van der Waals surface area contributed by atoms with Gasteiger partial charge in [0.15, 0.2) is 6.10 Å². The van der Waals surface area contributed by atoms with Crippen molar-refractivity contribution in [2.75, 3.05) is 36.0 Å². The van der Waals surface area contributed by atoms with Gasteiger partial charge in [0.1, 0.15) is 5.75 Å². The normalized spacial score (nSPS) is 15.0. The van der Waals surface area contributed by atoms with Crippen LogP contribution in [-0.4, -0.2) is 57.6 Å². The first kappa shape index (κ1) is 23.6. The van der Waals surface area contributed by atoms with E-state index in [2.05, 4.69) is 5.32 Å². The highest BCUT2D eigenvalue weighted by Crippen LogP contribution is 2.23. The molecule has 8 nitrogen and oxygen atoms in total. The van der Waals surface area contributed by atoms with Gasteiger partial charge in [0.2, 0.25) is 10.0 Å². The third kappa shape index (κ3) is 5.79. The minimum atomic E-state index is -3.36. The van der Waals surface area contributed by atoms with Gasteiger partial charge in [-0.3, -0.25) is 13.9 Å². The van der Waals surface area contributed by atoms with E-state index in [-0.39, 0.29) is 11.8 Å². The summed E-state index contributed by atoms with van der Waals surface area (Å²) in [5, 5.41) is 2.80. The highest BCUT2D eigenvalue weighted by atomic mass is 32.2. The molecule has 32 heavy (non-hydrogen) atoms. The summed E-state index contributed by atoms with van der Waals surface area (Å²) in [4.78, 5) is 27.5. The maximum Gasteiger partial charge on any atom is 0.265 e. The Labute approximate surface area is 189 Å². The first-order chi connectivity index (χ1) is 15.2. The van der Waals surface area contributed by atoms with Crippen molar-refractivity contribution >= 4 is 33.2 Å². The predicted octanol–water partition coefficient (Wildman–Crippen LogP) is 3.11. The van der Waals surface area contributed by atoms with Crippen LogP contribution in [0.2, 0.25) is 0 Å². The number of nitrogens with zero attached hydrogens (tertiary/aromatic N) is 2. The zero-order valence-corrected chi connectivity index (χ0v) is 19.4. The van der Waals surface area contributed by atoms with Crippen LogP contribution in [0.25, 0.3) is 0 Å². The Hall–Kier alpha value is -3.07. The average molecular weight is 460 g/mol. The molecule has 1 atom stereocenters. The van der Waals surface area contributed by atoms with E-state index in [0.29, 0.717) is 22.7 Å². The van der Waals surface area contributed by atoms with Gasteiger partial charge in [-0.25, -0.2) is 8.42 Å². The number of amides is 2. The number of carbonyl (C=O) groups is 2. The molecule has 2 aromatic rings. The lowest BCUT2D eigenvalue weighted by atomic mass is 10.1. The standard InChI is InChI=1S/C23H29N3O5S/c1-17(31-19-13-11-18(12-14-19)25(2)32(3,29)30)22(27)24-21-10-6-5-9-20(21)23(28)26-15-7-4-8-16-26/h5-6,9-14,17H,4,7-8,15-16H2,1-3H3,(H,24,27)/t17-/m0/s1. The molecule has 1 heterocycles. The number of sulfonamides is 1. The molecule has 3 rings (SSSR count). The van der Waals surface area contributed by atoms with E-state index in [9.17, 15) is 18.0 Å². The predicted molar refractivity (Wildman–Crippen MR) is 125 cm³/mol. The van der Waals surface area contributed by atoms with Crippen LogP contribution in [0.4, 0.5) is 11.4 Å². The molecule has 2 amide bonds. The number of nitrogens with one attached hydrogen (secondary N) is 1. The van der Waals surface area contributed by atoms with Gasteiger partial charge in [-0.15, -0.1) is 0 Å². The van der Waals surface area contributed by atoms with Crippen molar-refractivity contribution in [3.8, 4) is 5.75 Å². The molecule has 0 aromatic heterocycles. The second-order valence-corrected chi connectivity index (χ2v) is 9.89. The van der Waals surface area contributed by atoms with E-state index in [1.165, 1.54) is 7.05 Å². The molecule has 0 saturated carbocycles. The Kier molecular flexibility index (Phi) is 7.40. The monoisotopic (exact) mass is 459 g/mol. The second kappa shape index (κ2) is 10.0. The molecule has 0 unspecified atom stereocenters. The maximum atomic E-state index is 12.9. The zero-order chi connectivity index (χ0) is 23.3. The van der Waals surface area contributed by atoms with Gasteiger partial charge in [0.25, 0.3) is 11.8 Å². The third-order valence-corrected chi connectivity index (χ3v) is 6.64. The number of piperidine rings is 1. The molecule has 1 fully saturated rings. The molecule has 0 bridgehead atoms. The number of carbonyl (C=O) groups excluding carboxylic acids is 2. The fraction of sp³-hybridized carbons (Fsp3) is 0.391. The van der Waals surface area contributed by atoms with Gasteiger partial charge in [-0.05, 0) is 62.6 Å². The van der Waals surface area contributed by atoms with Crippen molar-refractivity contribution in [1.82, 2.24) is 4.90 Å². The lowest BCUT2D eigenvalue weighted by Gasteiger charge is -2.27. The minimum absolute atomic E-state index is 0.0836. The van der Waals surface area contributed by atoms with E-state index < -0.39 is 16.1 Å². The summed E-state index contributed by atoms with van der Waals surface area (Å²) in [6, 6.07) is 13.4. The highest BCUT2D eigenvalue weighted by molar-refractivity contribution is 7.92. The molecule has 9 heteroatoms. The molecule has 1 aliphatic heterocycles. The van der Waals surface area contributed by atoms with Crippen LogP contribution < -0.4 is 14.4 Å². The van der Waals surface area contributed by atoms with E-state index in [4.69, 9.17) is 4.74 Å². The number of ether oxygens (including phenoxy) is 1. The minimum Gasteiger partial charge on any atom is -0.481 e. The lowest BCUT2D eigenvalue weighted by molar-refractivity contribution is -0.122. The summed E-state index contributed by atoms with van der Waals surface area (Å²) in [6.07, 6.45) is 3.40. The van der Waals surface area contributed by atoms with Crippen LogP contribution in [-0.2, 0) is 14.8 Å². The average Bonchev–Trinajstić information content (AvgIpc) is 2.79. The molecule has 0 spiro atoms. The Balaban J connectivity index is 1.65. The van der Waals surface area contributed by atoms with E-state index in [0.717, 1.165) is 42.9 Å². The Bertz CT molecular complexity index is 1060. The Morgan fingerprint density at radius 3 is 2.28 bits per heavy atom. The van der Waals surface area contributed by atoms with Crippen LogP contribution in [0, 0.1) is 0 Å². The Morgan fingerprint density at radius 2 is 1.66 bits per heavy atom. The fourth-order valence-electron chi connectivity index (χ4n) is 3.46. The number of rotatable bonds is 7. The van der Waals surface area contributed by atoms with E-state index in [1.54, 1.807) is 55.5 Å². The van der Waals surface area contributed by atoms with Crippen LogP contribution in [0.1, 0.15) is 36.5 Å². The molecule has 1 aliphatic rings. The number of benzene rings is 2. The lowest BCUT2D eigenvalue weighted by Crippen LogP contribution is -2.36. The summed E-state index contributed by atoms with van der Waals surface area (Å²) in [5.74, 6) is -0.0445. The molecule has 1 saturated heterocycles. The van der Waals surface area contributed by atoms with Crippen molar-refractivity contribution in [1.29, 1.82) is 0 Å². The first-order valence-electron chi connectivity index (χ1n) is 10.6. The number of anilines is 2. The topological polar surface area (TPSA) is 96.0 Å². The van der Waals surface area contributed by atoms with E-state index in [1.807, 2.05) is 4.90 Å². The largest absolute Gasteiger partial charge is 0.481 e. The van der Waals surface area contributed by atoms with Crippen molar-refractivity contribution < 1.29 is 22.7 Å². The number of para-hydroxylation sites is 1. The number of hydrogen-bond donors (Lipinski definition) is 1. The van der Waals surface area contributed by atoms with Crippen LogP contribution >= 0.6 is 0 Å². The van der Waals surface area contributed by atoms with Crippen molar-refractivity contribution in [2.45, 2.75) is 32.3 Å². The van der Waals surface area contributed by atoms with E-state index >= 15 is 0 Å². The summed E-state index contributed by atoms with van der Waals surface area (Å²) in [6.45, 7) is 3.07. The molecule has 1 N–H and O–H groups in total. The molecule has 0 radical (unpaired) electrons. The molecule has 0 aliphatic carbocycles. The van der Waals surface area contributed by atoms with Crippen LogP contribution in [0.5, 0.6) is 5.75 Å². The van der Waals surface area contributed by atoms with Gasteiger partial charge in [-0.2, -0.15) is 0 Å². The van der Waals surface area contributed by atoms with Gasteiger partial charge in [-0.1, -0.05) is 12.1 Å². The van der Waals surface area contributed by atoms with Crippen molar-refractivity contribution in [3.05, 3.63) is 54.1 Å². The van der Waals surface area contributed by atoms with Gasteiger partial charge < -0.3 is 15.0 Å². The van der Waals surface area contributed by atoms with Crippen LogP contribution in [0.15, 0.2) is 48.5 Å². The van der Waals surface area contributed by atoms with Crippen molar-refractivity contribution in [2.24, 2.45) is 0 Å². The van der Waals surface area contributed by atoms with Crippen LogP contribution in [0.3, 0.4) is 0 Å². The molecule has 172 valence electrons. The number of hydrogen-bond acceptors (Lipinski definition) is 5. The van der Waals surface area contributed by atoms with Gasteiger partial charge in [0, 0.05) is 20.1 Å². The smallest absolute Gasteiger partial charge is 0.265 e. The SMILES string of the molecule is C[C@H](Oc1ccc(N(C)S(C)(=O)=O)cc1)C(=O)Nc1ccccc1C(=O)N1CCCCC1. The molecular weight excluding hydrogens is 430 g/mol. The fourth-order valence-corrected chi connectivity index (χ4v) is 3.97. The first-order valence-corrected chi connectivity index (χ1v) is 12.4. The quantitative estimate of drug-likeness (QED) is 0.686. The maximum absolute atomic E-state index is 12.9. The Morgan fingerprint density at radius 1 is 1.03 bits per heavy atom. The second-order valence-electron chi connectivity index (χ2n) is 7.87. The summed E-state index contributed by atoms with van der Waals surface area (Å²) >= 11 is 0. The summed E-state index contributed by atoms with van der Waals surface area (Å²) in [7, 11) is -1.90. The molecule has 2 aromatic carbocycles. The van der Waals surface area contributed by atoms with Gasteiger partial charge in [0.05, 0.1) is 23.2 Å². The summed E-state index contributed by atoms with van der Waals surface area (Å²) in [5.41, 5.74) is 1.40. The zero-order valence-electron chi connectivity index (χ0n) is 18.6. The molecular formula is C23H29N3O5S. The van der Waals surface area contributed by atoms with Crippen molar-refractivity contribution in [3.63, 3.8) is 0 Å². The van der Waals surface area contributed by atoms with Gasteiger partial charge >= 0.3 is 0 Å². The third-order valence-electron chi connectivity index (χ3n) is 5.44.